The number of hydrogen-bond donors (Lipinski definition) is 1. The molecule has 0 fully saturated rings. The Balaban J connectivity index is 1.90. The van der Waals surface area contributed by atoms with Gasteiger partial charge < -0.3 is 14.6 Å². The molecule has 0 aliphatic heterocycles. The van der Waals surface area contributed by atoms with E-state index in [1.54, 1.807) is 6.07 Å². The predicted molar refractivity (Wildman–Crippen MR) is 82.9 cm³/mol. The van der Waals surface area contributed by atoms with Gasteiger partial charge in [-0.2, -0.15) is 0 Å². The highest BCUT2D eigenvalue weighted by Crippen LogP contribution is 2.28. The third-order valence-corrected chi connectivity index (χ3v) is 3.98. The summed E-state index contributed by atoms with van der Waals surface area (Å²) < 4.78 is 11.2. The number of ether oxygens (including phenoxy) is 2. The zero-order valence-electron chi connectivity index (χ0n) is 12.3. The van der Waals surface area contributed by atoms with Crippen LogP contribution in [0.5, 0.6) is 11.5 Å². The summed E-state index contributed by atoms with van der Waals surface area (Å²) in [7, 11) is 0. The number of aromatic carboxylic acids is 1. The van der Waals surface area contributed by atoms with Gasteiger partial charge in [0.15, 0.2) is 4.88 Å². The summed E-state index contributed by atoms with van der Waals surface area (Å²) in [5, 5.41) is 9.08. The summed E-state index contributed by atoms with van der Waals surface area (Å²) in [6.45, 7) is 6.54. The SMILES string of the molecule is Cc1ccc(C)c(OCCOc2cc(C)sc2C(=O)O)c1. The van der Waals surface area contributed by atoms with Crippen molar-refractivity contribution >= 4 is 17.3 Å². The number of carbonyl (C=O) groups is 1. The van der Waals surface area contributed by atoms with Crippen LogP contribution in [-0.4, -0.2) is 24.3 Å². The quantitative estimate of drug-likeness (QED) is 0.824. The second-order valence-electron chi connectivity index (χ2n) is 4.82. The van der Waals surface area contributed by atoms with Gasteiger partial charge in [-0.05, 0) is 44.0 Å². The largest absolute Gasteiger partial charge is 0.490 e. The zero-order valence-corrected chi connectivity index (χ0v) is 13.1. The lowest BCUT2D eigenvalue weighted by molar-refractivity contribution is 0.0697. The molecule has 0 amide bonds. The molecule has 0 aliphatic carbocycles. The van der Waals surface area contributed by atoms with Gasteiger partial charge in [-0.3, -0.25) is 0 Å². The highest BCUT2D eigenvalue weighted by Gasteiger charge is 2.15. The van der Waals surface area contributed by atoms with Gasteiger partial charge in [0, 0.05) is 4.88 Å². The van der Waals surface area contributed by atoms with Crippen LogP contribution in [0.2, 0.25) is 0 Å². The fraction of sp³-hybridized carbons (Fsp3) is 0.312. The fourth-order valence-corrected chi connectivity index (χ4v) is 2.71. The Hall–Kier alpha value is -2.01. The van der Waals surface area contributed by atoms with E-state index in [1.165, 1.54) is 11.3 Å². The zero-order chi connectivity index (χ0) is 15.4. The van der Waals surface area contributed by atoms with Crippen LogP contribution in [-0.2, 0) is 0 Å². The van der Waals surface area contributed by atoms with Crippen molar-refractivity contribution in [3.63, 3.8) is 0 Å². The van der Waals surface area contributed by atoms with E-state index in [1.807, 2.05) is 39.0 Å². The first kappa shape index (κ1) is 15.4. The molecule has 4 nitrogen and oxygen atoms in total. The lowest BCUT2D eigenvalue weighted by Gasteiger charge is -2.10. The molecule has 1 aromatic carbocycles. The maximum Gasteiger partial charge on any atom is 0.349 e. The van der Waals surface area contributed by atoms with Crippen molar-refractivity contribution in [3.8, 4) is 11.5 Å². The number of aryl methyl sites for hydroxylation is 3. The minimum atomic E-state index is -0.960. The molecule has 0 saturated carbocycles. The predicted octanol–water partition coefficient (Wildman–Crippen LogP) is 3.83. The molecule has 0 spiro atoms. The van der Waals surface area contributed by atoms with Gasteiger partial charge in [0.1, 0.15) is 24.7 Å². The smallest absolute Gasteiger partial charge is 0.349 e. The van der Waals surface area contributed by atoms with E-state index in [0.717, 1.165) is 21.8 Å². The minimum absolute atomic E-state index is 0.235. The average molecular weight is 306 g/mol. The monoisotopic (exact) mass is 306 g/mol. The van der Waals surface area contributed by atoms with Crippen molar-refractivity contribution in [2.75, 3.05) is 13.2 Å². The molecule has 0 radical (unpaired) electrons. The Kier molecular flexibility index (Phi) is 4.85. The number of carboxylic acid groups (broad SMARTS) is 1. The fourth-order valence-electron chi connectivity index (χ4n) is 1.91. The van der Waals surface area contributed by atoms with Crippen LogP contribution in [0, 0.1) is 20.8 Å². The molecule has 1 N–H and O–H groups in total. The Morgan fingerprint density at radius 3 is 2.43 bits per heavy atom. The summed E-state index contributed by atoms with van der Waals surface area (Å²) in [6, 6.07) is 7.76. The molecule has 0 unspecified atom stereocenters. The molecule has 1 heterocycles. The highest BCUT2D eigenvalue weighted by molar-refractivity contribution is 7.14. The normalized spacial score (nSPS) is 10.4. The van der Waals surface area contributed by atoms with Crippen molar-refractivity contribution in [3.05, 3.63) is 45.1 Å². The second-order valence-corrected chi connectivity index (χ2v) is 6.08. The van der Waals surface area contributed by atoms with Crippen molar-refractivity contribution in [1.82, 2.24) is 0 Å². The Morgan fingerprint density at radius 1 is 1.10 bits per heavy atom. The van der Waals surface area contributed by atoms with Gasteiger partial charge in [-0.25, -0.2) is 4.79 Å². The van der Waals surface area contributed by atoms with Crippen molar-refractivity contribution < 1.29 is 19.4 Å². The molecule has 0 aliphatic rings. The number of hydrogen-bond acceptors (Lipinski definition) is 4. The van der Waals surface area contributed by atoms with Crippen LogP contribution in [0.1, 0.15) is 25.7 Å². The molecule has 112 valence electrons. The van der Waals surface area contributed by atoms with Gasteiger partial charge in [0.05, 0.1) is 0 Å². The van der Waals surface area contributed by atoms with Crippen LogP contribution in [0.3, 0.4) is 0 Å². The first-order valence-electron chi connectivity index (χ1n) is 6.64. The van der Waals surface area contributed by atoms with Crippen LogP contribution in [0.4, 0.5) is 0 Å². The Morgan fingerprint density at radius 2 is 1.76 bits per heavy atom. The first-order chi connectivity index (χ1) is 9.97. The molecule has 2 aromatic rings. The van der Waals surface area contributed by atoms with Crippen LogP contribution < -0.4 is 9.47 Å². The molecule has 2 rings (SSSR count). The summed E-state index contributed by atoms with van der Waals surface area (Å²) in [6.07, 6.45) is 0. The van der Waals surface area contributed by atoms with Crippen LogP contribution in [0.15, 0.2) is 24.3 Å². The Bertz CT molecular complexity index is 646. The summed E-state index contributed by atoms with van der Waals surface area (Å²) in [5.74, 6) is 0.284. The third kappa shape index (κ3) is 3.98. The van der Waals surface area contributed by atoms with E-state index in [2.05, 4.69) is 0 Å². The van der Waals surface area contributed by atoms with E-state index in [-0.39, 0.29) is 4.88 Å². The van der Waals surface area contributed by atoms with Crippen molar-refractivity contribution in [2.45, 2.75) is 20.8 Å². The van der Waals surface area contributed by atoms with E-state index < -0.39 is 5.97 Å². The molecule has 0 saturated heterocycles. The maximum absolute atomic E-state index is 11.1. The average Bonchev–Trinajstić information content (AvgIpc) is 2.80. The molecule has 0 atom stereocenters. The van der Waals surface area contributed by atoms with Crippen LogP contribution in [0.25, 0.3) is 0 Å². The summed E-state index contributed by atoms with van der Waals surface area (Å²) in [4.78, 5) is 12.2. The number of rotatable bonds is 6. The van der Waals surface area contributed by atoms with Gasteiger partial charge in [0.2, 0.25) is 0 Å². The van der Waals surface area contributed by atoms with Crippen molar-refractivity contribution in [2.24, 2.45) is 0 Å². The van der Waals surface area contributed by atoms with Crippen molar-refractivity contribution in [1.29, 1.82) is 0 Å². The topological polar surface area (TPSA) is 55.8 Å². The minimum Gasteiger partial charge on any atom is -0.490 e. The van der Waals surface area contributed by atoms with Gasteiger partial charge in [-0.15, -0.1) is 11.3 Å². The maximum atomic E-state index is 11.1. The lowest BCUT2D eigenvalue weighted by atomic mass is 10.1. The molecule has 1 aromatic heterocycles. The molecule has 21 heavy (non-hydrogen) atoms. The molecular formula is C16H18O4S. The van der Waals surface area contributed by atoms with E-state index >= 15 is 0 Å². The molecule has 5 heteroatoms. The first-order valence-corrected chi connectivity index (χ1v) is 7.45. The molecular weight excluding hydrogens is 288 g/mol. The molecule has 0 bridgehead atoms. The number of benzene rings is 1. The van der Waals surface area contributed by atoms with Gasteiger partial charge in [-0.1, -0.05) is 12.1 Å². The van der Waals surface area contributed by atoms with E-state index in [9.17, 15) is 4.79 Å². The second kappa shape index (κ2) is 6.63. The van der Waals surface area contributed by atoms with E-state index in [4.69, 9.17) is 14.6 Å². The third-order valence-electron chi connectivity index (χ3n) is 2.96. The van der Waals surface area contributed by atoms with Gasteiger partial charge in [0.25, 0.3) is 0 Å². The highest BCUT2D eigenvalue weighted by atomic mass is 32.1. The standard InChI is InChI=1S/C16H18O4S/c1-10-4-5-11(2)13(8-10)19-6-7-20-14-9-12(3)21-15(14)16(17)18/h4-5,8-9H,6-7H2,1-3H3,(H,17,18). The van der Waals surface area contributed by atoms with E-state index in [0.29, 0.717) is 19.0 Å². The summed E-state index contributed by atoms with van der Waals surface area (Å²) in [5.41, 5.74) is 2.20. The summed E-state index contributed by atoms with van der Waals surface area (Å²) >= 11 is 1.22. The number of carboxylic acids is 1. The Labute approximate surface area is 128 Å². The lowest BCUT2D eigenvalue weighted by Crippen LogP contribution is -2.10. The van der Waals surface area contributed by atoms with Crippen LogP contribution >= 0.6 is 11.3 Å². The van der Waals surface area contributed by atoms with Gasteiger partial charge >= 0.3 is 5.97 Å². The number of thiophene rings is 1.